The first-order chi connectivity index (χ1) is 11.9. The molecule has 5 nitrogen and oxygen atoms in total. The van der Waals surface area contributed by atoms with Crippen LogP contribution in [0.5, 0.6) is 0 Å². The van der Waals surface area contributed by atoms with Crippen LogP contribution in [0.1, 0.15) is 39.9 Å². The van der Waals surface area contributed by atoms with Gasteiger partial charge in [-0.15, -0.1) is 11.3 Å². The zero-order valence-corrected chi connectivity index (χ0v) is 16.4. The fourth-order valence-corrected chi connectivity index (χ4v) is 7.49. The molecule has 0 unspecified atom stereocenters. The Balaban J connectivity index is 1.37. The van der Waals surface area contributed by atoms with Crippen molar-refractivity contribution in [3.8, 4) is 0 Å². The van der Waals surface area contributed by atoms with E-state index in [-0.39, 0.29) is 11.9 Å². The van der Waals surface area contributed by atoms with E-state index in [4.69, 9.17) is 0 Å². The van der Waals surface area contributed by atoms with E-state index >= 15 is 0 Å². The molecule has 138 valence electrons. The number of sulfone groups is 1. The third kappa shape index (κ3) is 3.64. The number of carbonyl (C=O) groups is 1. The minimum Gasteiger partial charge on any atom is -0.329 e. The molecule has 0 saturated carbocycles. The van der Waals surface area contributed by atoms with Crippen molar-refractivity contribution >= 4 is 27.1 Å². The van der Waals surface area contributed by atoms with Gasteiger partial charge in [0.1, 0.15) is 11.8 Å². The molecule has 0 radical (unpaired) electrons. The molecule has 1 aromatic heterocycles. The summed E-state index contributed by atoms with van der Waals surface area (Å²) in [5.41, 5.74) is 1.38. The maximum atomic E-state index is 12.9. The summed E-state index contributed by atoms with van der Waals surface area (Å²) in [5.74, 6) is 1.56. The summed E-state index contributed by atoms with van der Waals surface area (Å²) in [5, 5.41) is 0. The van der Waals surface area contributed by atoms with E-state index in [0.717, 1.165) is 56.2 Å². The number of hydrogen-bond donors (Lipinski definition) is 1. The van der Waals surface area contributed by atoms with Crippen LogP contribution in [0.15, 0.2) is 6.07 Å². The van der Waals surface area contributed by atoms with Gasteiger partial charge in [-0.05, 0) is 36.8 Å². The van der Waals surface area contributed by atoms with Crippen molar-refractivity contribution in [2.45, 2.75) is 38.6 Å². The smallest absolute Gasteiger partial charge is 0.264 e. The molecule has 0 bridgehead atoms. The number of piperazine rings is 1. The predicted octanol–water partition coefficient (Wildman–Crippen LogP) is 0.401. The van der Waals surface area contributed by atoms with Gasteiger partial charge in [0.05, 0.1) is 36.8 Å². The number of carbonyl (C=O) groups excluding carboxylic acids is 1. The first kappa shape index (κ1) is 17.5. The molecule has 1 aliphatic carbocycles. The highest BCUT2D eigenvalue weighted by Gasteiger charge is 2.37. The molecule has 0 spiro atoms. The maximum Gasteiger partial charge on any atom is 0.264 e. The number of fused-ring (bicyclic) bond motifs is 1. The van der Waals surface area contributed by atoms with Crippen molar-refractivity contribution in [1.82, 2.24) is 4.90 Å². The van der Waals surface area contributed by atoms with Gasteiger partial charge >= 0.3 is 0 Å². The van der Waals surface area contributed by atoms with Crippen molar-refractivity contribution in [2.24, 2.45) is 5.92 Å². The third-order valence-electron chi connectivity index (χ3n) is 6.04. The minimum absolute atomic E-state index is 0.171. The average molecular weight is 384 g/mol. The van der Waals surface area contributed by atoms with E-state index in [2.05, 4.69) is 13.0 Å². The monoisotopic (exact) mass is 383 g/mol. The lowest BCUT2D eigenvalue weighted by molar-refractivity contribution is -0.925. The van der Waals surface area contributed by atoms with Gasteiger partial charge in [-0.25, -0.2) is 8.42 Å². The lowest BCUT2D eigenvalue weighted by atomic mass is 9.90. The third-order valence-corrected chi connectivity index (χ3v) is 9.04. The molecule has 2 aliphatic heterocycles. The van der Waals surface area contributed by atoms with Gasteiger partial charge < -0.3 is 9.80 Å². The van der Waals surface area contributed by atoms with Crippen LogP contribution in [0.3, 0.4) is 0 Å². The first-order valence-corrected chi connectivity index (χ1v) is 12.0. The van der Waals surface area contributed by atoms with Crippen molar-refractivity contribution < 1.29 is 18.1 Å². The van der Waals surface area contributed by atoms with Crippen molar-refractivity contribution in [2.75, 3.05) is 37.7 Å². The molecule has 3 aliphatic rings. The molecular weight excluding hydrogens is 356 g/mol. The number of quaternary nitrogens is 1. The quantitative estimate of drug-likeness (QED) is 0.804. The standard InChI is InChI=1S/C18H26N2O3S2/c1-13-2-3-16-14(10-13)11-17(24-16)18(21)20-7-5-19(6-8-20)15-4-9-25(22,23)12-15/h11,13,15H,2-10,12H2,1H3/p+1/t13-,15+/m0/s1. The number of thiophene rings is 1. The average Bonchev–Trinajstić information content (AvgIpc) is 3.17. The summed E-state index contributed by atoms with van der Waals surface area (Å²) in [4.78, 5) is 18.5. The molecule has 2 fully saturated rings. The minimum atomic E-state index is -2.82. The fraction of sp³-hybridized carbons (Fsp3) is 0.722. The number of hydrogen-bond acceptors (Lipinski definition) is 4. The SMILES string of the molecule is C[C@H]1CCc2sc(C(=O)N3CC[NH+]([C@@H]4CCS(=O)(=O)C4)CC3)cc2C1. The summed E-state index contributed by atoms with van der Waals surface area (Å²) >= 11 is 1.69. The number of nitrogens with one attached hydrogen (secondary N) is 1. The molecule has 2 saturated heterocycles. The summed E-state index contributed by atoms with van der Waals surface area (Å²) < 4.78 is 23.4. The summed E-state index contributed by atoms with van der Waals surface area (Å²) in [6.07, 6.45) is 4.23. The lowest BCUT2D eigenvalue weighted by Gasteiger charge is -2.34. The van der Waals surface area contributed by atoms with Crippen LogP contribution in [0.4, 0.5) is 0 Å². The molecule has 1 amide bonds. The zero-order chi connectivity index (χ0) is 17.6. The van der Waals surface area contributed by atoms with E-state index in [9.17, 15) is 13.2 Å². The highest BCUT2D eigenvalue weighted by Crippen LogP contribution is 2.32. The molecule has 7 heteroatoms. The van der Waals surface area contributed by atoms with Crippen LogP contribution in [0.2, 0.25) is 0 Å². The Hall–Kier alpha value is -0.920. The number of aryl methyl sites for hydroxylation is 1. The fourth-order valence-electron chi connectivity index (χ4n) is 4.49. The number of nitrogens with zero attached hydrogens (tertiary/aromatic N) is 1. The van der Waals surface area contributed by atoms with Crippen molar-refractivity contribution in [1.29, 1.82) is 0 Å². The maximum absolute atomic E-state index is 12.9. The van der Waals surface area contributed by atoms with E-state index in [1.165, 1.54) is 21.8 Å². The molecule has 25 heavy (non-hydrogen) atoms. The normalized spacial score (nSPS) is 29.6. The van der Waals surface area contributed by atoms with Gasteiger partial charge in [-0.1, -0.05) is 6.92 Å². The molecular formula is C18H27N2O3S2+. The van der Waals surface area contributed by atoms with Gasteiger partial charge in [0.15, 0.2) is 9.84 Å². The van der Waals surface area contributed by atoms with Gasteiger partial charge in [0.25, 0.3) is 5.91 Å². The van der Waals surface area contributed by atoms with Crippen LogP contribution >= 0.6 is 11.3 Å². The molecule has 3 heterocycles. The van der Waals surface area contributed by atoms with Crippen molar-refractivity contribution in [3.63, 3.8) is 0 Å². The zero-order valence-electron chi connectivity index (χ0n) is 14.8. The Morgan fingerprint density at radius 2 is 2.04 bits per heavy atom. The summed E-state index contributed by atoms with van der Waals surface area (Å²) in [6, 6.07) is 2.36. The molecule has 1 N–H and O–H groups in total. The second kappa shape index (κ2) is 6.67. The van der Waals surface area contributed by atoms with Gasteiger partial charge in [-0.3, -0.25) is 4.79 Å². The van der Waals surface area contributed by atoms with Crippen LogP contribution in [0, 0.1) is 5.92 Å². The molecule has 0 aromatic carbocycles. The van der Waals surface area contributed by atoms with Crippen LogP contribution in [0.25, 0.3) is 0 Å². The Labute approximate surface area is 153 Å². The Bertz CT molecular complexity index is 763. The lowest BCUT2D eigenvalue weighted by Crippen LogP contribution is -3.18. The largest absolute Gasteiger partial charge is 0.329 e. The summed E-state index contributed by atoms with van der Waals surface area (Å²) in [6.45, 7) is 5.50. The van der Waals surface area contributed by atoms with Crippen LogP contribution in [-0.4, -0.2) is 63.0 Å². The van der Waals surface area contributed by atoms with Crippen LogP contribution < -0.4 is 4.90 Å². The Morgan fingerprint density at radius 1 is 1.28 bits per heavy atom. The molecule has 1 aromatic rings. The number of rotatable bonds is 2. The topological polar surface area (TPSA) is 58.9 Å². The van der Waals surface area contributed by atoms with E-state index in [1.54, 1.807) is 11.3 Å². The van der Waals surface area contributed by atoms with Crippen molar-refractivity contribution in [3.05, 3.63) is 21.4 Å². The van der Waals surface area contributed by atoms with Gasteiger partial charge in [0, 0.05) is 11.3 Å². The number of amides is 1. The highest BCUT2D eigenvalue weighted by atomic mass is 32.2. The summed E-state index contributed by atoms with van der Waals surface area (Å²) in [7, 11) is -2.82. The Morgan fingerprint density at radius 3 is 2.72 bits per heavy atom. The molecule has 4 rings (SSSR count). The van der Waals surface area contributed by atoms with Crippen LogP contribution in [-0.2, 0) is 22.7 Å². The second-order valence-electron chi connectivity index (χ2n) is 7.96. The van der Waals surface area contributed by atoms with Gasteiger partial charge in [-0.2, -0.15) is 0 Å². The second-order valence-corrected chi connectivity index (χ2v) is 11.3. The first-order valence-electron chi connectivity index (χ1n) is 9.37. The Kier molecular flexibility index (Phi) is 4.67. The van der Waals surface area contributed by atoms with E-state index < -0.39 is 9.84 Å². The van der Waals surface area contributed by atoms with E-state index in [1.807, 2.05) is 4.90 Å². The predicted molar refractivity (Wildman–Crippen MR) is 99.2 cm³/mol. The van der Waals surface area contributed by atoms with E-state index in [0.29, 0.717) is 11.5 Å². The van der Waals surface area contributed by atoms with Gasteiger partial charge in [0.2, 0.25) is 0 Å². The molecule has 2 atom stereocenters. The highest BCUT2D eigenvalue weighted by molar-refractivity contribution is 7.91.